The van der Waals surface area contributed by atoms with E-state index in [1.54, 1.807) is 0 Å². The van der Waals surface area contributed by atoms with Gasteiger partial charge >= 0.3 is 0 Å². The number of aryl methyl sites for hydroxylation is 2. The Morgan fingerprint density at radius 2 is 1.62 bits per heavy atom. The minimum absolute atomic E-state index is 0.274. The van der Waals surface area contributed by atoms with Crippen molar-refractivity contribution in [1.29, 1.82) is 0 Å². The fourth-order valence-electron chi connectivity index (χ4n) is 1.74. The molecule has 89 valence electrons. The third-order valence-electron chi connectivity index (χ3n) is 2.65. The molecule has 0 heterocycles. The lowest BCUT2D eigenvalue weighted by molar-refractivity contribution is 0.284. The molecule has 1 rings (SSSR count). The third-order valence-corrected chi connectivity index (χ3v) is 2.65. The summed E-state index contributed by atoms with van der Waals surface area (Å²) in [6.45, 7) is 0.554. The molecule has 2 nitrogen and oxygen atoms in total. The van der Waals surface area contributed by atoms with Gasteiger partial charge in [0.25, 0.3) is 0 Å². The fourth-order valence-corrected chi connectivity index (χ4v) is 1.74. The van der Waals surface area contributed by atoms with E-state index in [2.05, 4.69) is 18.2 Å². The van der Waals surface area contributed by atoms with Crippen molar-refractivity contribution in [2.75, 3.05) is 13.2 Å². The van der Waals surface area contributed by atoms with Crippen molar-refractivity contribution in [3.8, 4) is 0 Å². The molecular weight excluding hydrogens is 200 g/mol. The third kappa shape index (κ3) is 5.29. The quantitative estimate of drug-likeness (QED) is 0.660. The highest BCUT2D eigenvalue weighted by molar-refractivity contribution is 5.22. The van der Waals surface area contributed by atoms with Gasteiger partial charge < -0.3 is 10.2 Å². The monoisotopic (exact) mass is 221 g/mol. The fraction of sp³-hybridized carbons (Fsp3) is 0.571. The molecule has 0 bridgehead atoms. The number of hydrogen-bond donors (Lipinski definition) is 2. The molecule has 0 spiro atoms. The van der Waals surface area contributed by atoms with Crippen LogP contribution in [-0.2, 0) is 12.8 Å². The number of unbranched alkanes of at least 4 members (excludes halogenated alkanes) is 2. The summed E-state index contributed by atoms with van der Waals surface area (Å²) in [5.41, 5.74) is 2.56. The van der Waals surface area contributed by atoms with Crippen molar-refractivity contribution >= 4 is 0 Å². The van der Waals surface area contributed by atoms with E-state index < -0.39 is 0 Å². The second kappa shape index (κ2) is 8.31. The van der Waals surface area contributed by atoms with Crippen LogP contribution < -0.4 is 0 Å². The lowest BCUT2D eigenvalue weighted by Crippen LogP contribution is -1.93. The number of aliphatic hydroxyl groups is 2. The second-order valence-corrected chi connectivity index (χ2v) is 4.08. The van der Waals surface area contributed by atoms with Gasteiger partial charge in [-0.05, 0) is 55.7 Å². The molecule has 0 aliphatic heterocycles. The van der Waals surface area contributed by atoms with Gasteiger partial charge in [0, 0.05) is 13.2 Å². The minimum Gasteiger partial charge on any atom is -0.396 e. The SMILES string of the molecule is OCCCCc1[c]ccc(CCCCO)c1. The van der Waals surface area contributed by atoms with Gasteiger partial charge in [-0.3, -0.25) is 0 Å². The maximum absolute atomic E-state index is 8.71. The number of hydrogen-bond acceptors (Lipinski definition) is 2. The summed E-state index contributed by atoms with van der Waals surface area (Å²) in [5.74, 6) is 0. The number of benzene rings is 1. The van der Waals surface area contributed by atoms with Gasteiger partial charge in [-0.15, -0.1) is 0 Å². The predicted molar refractivity (Wildman–Crippen MR) is 65.3 cm³/mol. The highest BCUT2D eigenvalue weighted by atomic mass is 16.3. The Hall–Kier alpha value is -0.860. The molecule has 0 saturated carbocycles. The Kier molecular flexibility index (Phi) is 6.86. The topological polar surface area (TPSA) is 40.5 Å². The zero-order chi connectivity index (χ0) is 11.6. The first-order valence-electron chi connectivity index (χ1n) is 6.08. The van der Waals surface area contributed by atoms with Crippen molar-refractivity contribution in [2.45, 2.75) is 38.5 Å². The van der Waals surface area contributed by atoms with E-state index in [4.69, 9.17) is 10.2 Å². The van der Waals surface area contributed by atoms with Crippen molar-refractivity contribution in [3.63, 3.8) is 0 Å². The van der Waals surface area contributed by atoms with E-state index in [-0.39, 0.29) is 13.2 Å². The Labute approximate surface area is 97.9 Å². The lowest BCUT2D eigenvalue weighted by Gasteiger charge is -2.04. The molecule has 0 unspecified atom stereocenters. The van der Waals surface area contributed by atoms with E-state index in [0.717, 1.165) is 38.5 Å². The van der Waals surface area contributed by atoms with Crippen LogP contribution in [0.2, 0.25) is 0 Å². The van der Waals surface area contributed by atoms with Crippen LogP contribution in [0, 0.1) is 6.07 Å². The van der Waals surface area contributed by atoms with Crippen LogP contribution >= 0.6 is 0 Å². The molecule has 0 amide bonds. The zero-order valence-electron chi connectivity index (χ0n) is 9.78. The van der Waals surface area contributed by atoms with Crippen LogP contribution in [0.1, 0.15) is 36.8 Å². The predicted octanol–water partition coefficient (Wildman–Crippen LogP) is 2.12. The number of aliphatic hydroxyl groups excluding tert-OH is 2. The molecule has 1 aromatic carbocycles. The van der Waals surface area contributed by atoms with Gasteiger partial charge in [-0.25, -0.2) is 0 Å². The molecule has 0 aliphatic rings. The van der Waals surface area contributed by atoms with Gasteiger partial charge in [-0.2, -0.15) is 0 Å². The van der Waals surface area contributed by atoms with E-state index >= 15 is 0 Å². The molecule has 2 heteroatoms. The van der Waals surface area contributed by atoms with Crippen LogP contribution in [0.4, 0.5) is 0 Å². The van der Waals surface area contributed by atoms with Gasteiger partial charge in [0.15, 0.2) is 0 Å². The maximum Gasteiger partial charge on any atom is 0.0431 e. The molecule has 16 heavy (non-hydrogen) atoms. The Balaban J connectivity index is 2.37. The molecular formula is C14H21O2. The van der Waals surface area contributed by atoms with Gasteiger partial charge in [0.05, 0.1) is 0 Å². The summed E-state index contributed by atoms with van der Waals surface area (Å²) in [4.78, 5) is 0. The van der Waals surface area contributed by atoms with Crippen molar-refractivity contribution in [3.05, 3.63) is 35.4 Å². The van der Waals surface area contributed by atoms with E-state index in [9.17, 15) is 0 Å². The zero-order valence-corrected chi connectivity index (χ0v) is 9.78. The molecule has 2 N–H and O–H groups in total. The lowest BCUT2D eigenvalue weighted by atomic mass is 10.0. The Bertz CT molecular complexity index is 259. The van der Waals surface area contributed by atoms with Crippen LogP contribution in [0.5, 0.6) is 0 Å². The van der Waals surface area contributed by atoms with Crippen LogP contribution in [0.3, 0.4) is 0 Å². The van der Waals surface area contributed by atoms with Crippen molar-refractivity contribution in [2.24, 2.45) is 0 Å². The minimum atomic E-state index is 0.274. The van der Waals surface area contributed by atoms with Crippen molar-refractivity contribution < 1.29 is 10.2 Å². The summed E-state index contributed by atoms with van der Waals surface area (Å²) < 4.78 is 0. The molecule has 0 atom stereocenters. The average Bonchev–Trinajstić information content (AvgIpc) is 2.30. The molecule has 0 saturated heterocycles. The number of rotatable bonds is 8. The van der Waals surface area contributed by atoms with Crippen LogP contribution in [0.25, 0.3) is 0 Å². The van der Waals surface area contributed by atoms with Crippen LogP contribution in [-0.4, -0.2) is 23.4 Å². The molecule has 0 aromatic heterocycles. The Morgan fingerprint density at radius 3 is 2.31 bits per heavy atom. The normalized spacial score (nSPS) is 10.6. The molecule has 1 aromatic rings. The van der Waals surface area contributed by atoms with E-state index in [1.165, 1.54) is 11.1 Å². The second-order valence-electron chi connectivity index (χ2n) is 4.08. The van der Waals surface area contributed by atoms with E-state index in [0.29, 0.717) is 0 Å². The van der Waals surface area contributed by atoms with Gasteiger partial charge in [-0.1, -0.05) is 18.2 Å². The summed E-state index contributed by atoms with van der Waals surface area (Å²) >= 11 is 0. The summed E-state index contributed by atoms with van der Waals surface area (Å²) in [7, 11) is 0. The smallest absolute Gasteiger partial charge is 0.0431 e. The largest absolute Gasteiger partial charge is 0.396 e. The van der Waals surface area contributed by atoms with Crippen molar-refractivity contribution in [1.82, 2.24) is 0 Å². The summed E-state index contributed by atoms with van der Waals surface area (Å²) in [6, 6.07) is 9.48. The highest BCUT2D eigenvalue weighted by Gasteiger charge is 1.97. The first-order valence-corrected chi connectivity index (χ1v) is 6.08. The van der Waals surface area contributed by atoms with E-state index in [1.807, 2.05) is 6.07 Å². The summed E-state index contributed by atoms with van der Waals surface area (Å²) in [5, 5.41) is 17.4. The molecule has 1 radical (unpaired) electrons. The maximum atomic E-state index is 8.71. The average molecular weight is 221 g/mol. The standard InChI is InChI=1S/C14H21O2/c15-10-3-1-6-13-8-5-9-14(12-13)7-2-4-11-16/h5,8,12,15-16H,1-4,6-7,10-11H2. The molecule has 0 fully saturated rings. The van der Waals surface area contributed by atoms with Gasteiger partial charge in [0.1, 0.15) is 0 Å². The first-order chi connectivity index (χ1) is 7.86. The highest BCUT2D eigenvalue weighted by Crippen LogP contribution is 2.10. The Morgan fingerprint density at radius 1 is 0.938 bits per heavy atom. The first kappa shape index (κ1) is 13.2. The van der Waals surface area contributed by atoms with Gasteiger partial charge in [0.2, 0.25) is 0 Å². The van der Waals surface area contributed by atoms with Crippen LogP contribution in [0.15, 0.2) is 18.2 Å². The molecule has 0 aliphatic carbocycles. The summed E-state index contributed by atoms with van der Waals surface area (Å²) in [6.07, 6.45) is 5.82.